The van der Waals surface area contributed by atoms with E-state index in [1.165, 1.54) is 12.3 Å². The van der Waals surface area contributed by atoms with Gasteiger partial charge in [-0.3, -0.25) is 9.20 Å². The molecule has 2 heterocycles. The molecule has 0 aliphatic carbocycles. The lowest BCUT2D eigenvalue weighted by molar-refractivity contribution is -0.119. The average molecular weight is 464 g/mol. The zero-order valence-electron chi connectivity index (χ0n) is 18.8. The highest BCUT2D eigenvalue weighted by atomic mass is 19.1. The Labute approximate surface area is 195 Å². The summed E-state index contributed by atoms with van der Waals surface area (Å²) in [5, 5.41) is 12.7. The van der Waals surface area contributed by atoms with Gasteiger partial charge in [0, 0.05) is 11.9 Å². The molecule has 0 saturated heterocycles. The third-order valence-corrected chi connectivity index (χ3v) is 5.25. The summed E-state index contributed by atoms with van der Waals surface area (Å²) in [6.07, 6.45) is 1.34. The number of hydrogen-bond donors (Lipinski definition) is 3. The fourth-order valence-corrected chi connectivity index (χ4v) is 3.73. The van der Waals surface area contributed by atoms with Crippen molar-refractivity contribution in [1.29, 1.82) is 0 Å². The number of anilines is 2. The Morgan fingerprint density at radius 1 is 1.09 bits per heavy atom. The van der Waals surface area contributed by atoms with Gasteiger partial charge in [0.25, 0.3) is 5.91 Å². The van der Waals surface area contributed by atoms with Crippen molar-refractivity contribution in [2.45, 2.75) is 13.8 Å². The maximum atomic E-state index is 14.3. The lowest BCUT2D eigenvalue weighted by atomic mass is 10.1. The second-order valence-corrected chi connectivity index (χ2v) is 7.73. The monoisotopic (exact) mass is 464 g/mol. The fraction of sp³-hybridized carbons (Fsp3) is 0.200. The van der Waals surface area contributed by atoms with Gasteiger partial charge >= 0.3 is 0 Å². The highest BCUT2D eigenvalue weighted by Gasteiger charge is 2.23. The molecule has 0 unspecified atom stereocenters. The third kappa shape index (κ3) is 4.65. The van der Waals surface area contributed by atoms with Crippen LogP contribution >= 0.6 is 0 Å². The van der Waals surface area contributed by atoms with E-state index in [2.05, 4.69) is 5.32 Å². The fourth-order valence-electron chi connectivity index (χ4n) is 3.73. The van der Waals surface area contributed by atoms with Crippen molar-refractivity contribution in [3.8, 4) is 22.8 Å². The number of hydrogen-bond acceptors (Lipinski definition) is 6. The minimum absolute atomic E-state index is 0.0357. The van der Waals surface area contributed by atoms with Crippen LogP contribution in [0.25, 0.3) is 16.9 Å². The highest BCUT2D eigenvalue weighted by molar-refractivity contribution is 5.87. The van der Waals surface area contributed by atoms with Gasteiger partial charge in [-0.05, 0) is 49.2 Å². The first-order valence-corrected chi connectivity index (χ1v) is 10.7. The van der Waals surface area contributed by atoms with Crippen LogP contribution in [0.2, 0.25) is 0 Å². The first kappa shape index (κ1) is 23.1. The molecule has 0 spiro atoms. The minimum Gasteiger partial charge on any atom is -0.490 e. The smallest absolute Gasteiger partial charge is 0.255 e. The van der Waals surface area contributed by atoms with Crippen molar-refractivity contribution < 1.29 is 23.8 Å². The number of carbonyl (C=O) groups excluding carboxylic acids is 1. The van der Waals surface area contributed by atoms with E-state index in [0.29, 0.717) is 34.2 Å². The van der Waals surface area contributed by atoms with Crippen LogP contribution in [0.5, 0.6) is 11.5 Å². The number of pyridine rings is 1. The van der Waals surface area contributed by atoms with Gasteiger partial charge in [-0.25, -0.2) is 9.37 Å². The number of rotatable bonds is 9. The van der Waals surface area contributed by atoms with Gasteiger partial charge < -0.3 is 25.6 Å². The Kier molecular flexibility index (Phi) is 6.65. The number of aryl methyl sites for hydroxylation is 2. The minimum atomic E-state index is -0.640. The van der Waals surface area contributed by atoms with Gasteiger partial charge in [0.2, 0.25) is 0 Å². The van der Waals surface area contributed by atoms with E-state index < -0.39 is 11.7 Å². The molecule has 0 saturated carbocycles. The molecule has 4 rings (SSSR count). The predicted octanol–water partition coefficient (Wildman–Crippen LogP) is 3.74. The summed E-state index contributed by atoms with van der Waals surface area (Å²) in [5.41, 5.74) is 9.47. The number of aliphatic hydroxyl groups excluding tert-OH is 1. The third-order valence-electron chi connectivity index (χ3n) is 5.25. The van der Waals surface area contributed by atoms with E-state index >= 15 is 0 Å². The van der Waals surface area contributed by atoms with Crippen molar-refractivity contribution in [2.75, 3.05) is 25.1 Å². The SMILES string of the molecule is Cc1cccc(C)c1Nc1c(-c2c(OCCO)cccc2OCC(N)=O)nc2ccc(F)cn12. The van der Waals surface area contributed by atoms with Crippen LogP contribution < -0.4 is 20.5 Å². The van der Waals surface area contributed by atoms with Crippen LogP contribution in [0.4, 0.5) is 15.9 Å². The van der Waals surface area contributed by atoms with E-state index in [1.807, 2.05) is 32.0 Å². The van der Waals surface area contributed by atoms with E-state index in [1.54, 1.807) is 28.7 Å². The number of halogens is 1. The van der Waals surface area contributed by atoms with Crippen LogP contribution in [0.3, 0.4) is 0 Å². The van der Waals surface area contributed by atoms with Crippen molar-refractivity contribution in [2.24, 2.45) is 5.73 Å². The first-order chi connectivity index (χ1) is 16.4. The predicted molar refractivity (Wildman–Crippen MR) is 127 cm³/mol. The molecule has 0 aliphatic heterocycles. The molecule has 34 heavy (non-hydrogen) atoms. The standard InChI is InChI=1S/C25H25FN4O4/c1-15-5-3-6-16(2)23(15)29-25-24(28-21-10-9-17(26)13-30(21)25)22-18(33-12-11-31)7-4-8-19(22)34-14-20(27)32/h3-10,13,29,31H,11-12,14H2,1-2H3,(H2,27,32). The molecule has 2 aromatic heterocycles. The molecule has 1 amide bonds. The van der Waals surface area contributed by atoms with Crippen LogP contribution in [-0.4, -0.2) is 40.2 Å². The molecule has 0 fully saturated rings. The second-order valence-electron chi connectivity index (χ2n) is 7.73. The number of nitrogens with two attached hydrogens (primary N) is 1. The molecule has 0 bridgehead atoms. The van der Waals surface area contributed by atoms with E-state index in [-0.39, 0.29) is 19.8 Å². The zero-order valence-corrected chi connectivity index (χ0v) is 18.8. The molecule has 0 atom stereocenters. The van der Waals surface area contributed by atoms with Crippen LogP contribution in [0.15, 0.2) is 54.7 Å². The first-order valence-electron chi connectivity index (χ1n) is 10.7. The number of primary amides is 1. The number of aliphatic hydroxyl groups is 1. The maximum absolute atomic E-state index is 14.3. The summed E-state index contributed by atoms with van der Waals surface area (Å²) in [6.45, 7) is 3.43. The maximum Gasteiger partial charge on any atom is 0.255 e. The van der Waals surface area contributed by atoms with E-state index in [9.17, 15) is 14.3 Å². The van der Waals surface area contributed by atoms with Gasteiger partial charge in [-0.15, -0.1) is 0 Å². The summed E-state index contributed by atoms with van der Waals surface area (Å²) in [5.74, 6) is 0.0950. The number of nitrogens with one attached hydrogen (secondary N) is 1. The molecule has 8 nitrogen and oxygen atoms in total. The number of aromatic nitrogens is 2. The molecule has 4 N–H and O–H groups in total. The molecular weight excluding hydrogens is 439 g/mol. The number of nitrogens with zero attached hydrogens (tertiary/aromatic N) is 2. The molecule has 176 valence electrons. The van der Waals surface area contributed by atoms with Gasteiger partial charge in [-0.2, -0.15) is 0 Å². The van der Waals surface area contributed by atoms with Crippen LogP contribution in [-0.2, 0) is 4.79 Å². The Morgan fingerprint density at radius 3 is 2.44 bits per heavy atom. The van der Waals surface area contributed by atoms with Gasteiger partial charge in [0.1, 0.15) is 41.1 Å². The lowest BCUT2D eigenvalue weighted by Crippen LogP contribution is -2.20. The Hall–Kier alpha value is -4.11. The second kappa shape index (κ2) is 9.80. The van der Waals surface area contributed by atoms with Crippen molar-refractivity contribution in [3.63, 3.8) is 0 Å². The summed E-state index contributed by atoms with van der Waals surface area (Å²) >= 11 is 0. The number of imidazole rings is 1. The van der Waals surface area contributed by atoms with Gasteiger partial charge in [0.15, 0.2) is 6.61 Å². The number of amides is 1. The van der Waals surface area contributed by atoms with Crippen LogP contribution in [0.1, 0.15) is 11.1 Å². The molecule has 9 heteroatoms. The van der Waals surface area contributed by atoms with Crippen LogP contribution in [0, 0.1) is 19.7 Å². The van der Waals surface area contributed by atoms with E-state index in [0.717, 1.165) is 16.8 Å². The summed E-state index contributed by atoms with van der Waals surface area (Å²) < 4.78 is 27.3. The highest BCUT2D eigenvalue weighted by Crippen LogP contribution is 2.43. The zero-order chi connectivity index (χ0) is 24.2. The van der Waals surface area contributed by atoms with Crippen molar-refractivity contribution in [3.05, 3.63) is 71.7 Å². The Morgan fingerprint density at radius 2 is 1.76 bits per heavy atom. The normalized spacial score (nSPS) is 10.9. The molecular formula is C25H25FN4O4. The Balaban J connectivity index is 1.97. The molecule has 4 aromatic rings. The Bertz CT molecular complexity index is 1330. The molecule has 2 aromatic carbocycles. The largest absolute Gasteiger partial charge is 0.490 e. The molecule has 0 aliphatic rings. The number of carbonyl (C=O) groups is 1. The number of fused-ring (bicyclic) bond motifs is 1. The number of para-hydroxylation sites is 1. The average Bonchev–Trinajstić information content (AvgIpc) is 3.15. The quantitative estimate of drug-likeness (QED) is 0.348. The van der Waals surface area contributed by atoms with Crippen molar-refractivity contribution in [1.82, 2.24) is 9.38 Å². The topological polar surface area (TPSA) is 111 Å². The summed E-state index contributed by atoms with van der Waals surface area (Å²) in [6, 6.07) is 13.9. The number of ether oxygens (including phenoxy) is 2. The number of benzene rings is 2. The van der Waals surface area contributed by atoms with Gasteiger partial charge in [0.05, 0.1) is 12.2 Å². The van der Waals surface area contributed by atoms with Gasteiger partial charge in [-0.1, -0.05) is 24.3 Å². The van der Waals surface area contributed by atoms with E-state index in [4.69, 9.17) is 20.2 Å². The summed E-state index contributed by atoms with van der Waals surface area (Å²) in [4.78, 5) is 16.1. The molecule has 0 radical (unpaired) electrons. The lowest BCUT2D eigenvalue weighted by Gasteiger charge is -2.17. The van der Waals surface area contributed by atoms with Crippen molar-refractivity contribution >= 4 is 23.1 Å². The summed E-state index contributed by atoms with van der Waals surface area (Å²) in [7, 11) is 0.